The van der Waals surface area contributed by atoms with E-state index in [1.54, 1.807) is 0 Å². The molecule has 0 amide bonds. The van der Waals surface area contributed by atoms with Crippen molar-refractivity contribution >= 4 is 71.6 Å². The summed E-state index contributed by atoms with van der Waals surface area (Å²) in [6.07, 6.45) is 0. The Hall–Kier alpha value is -6.59. The Morgan fingerprint density at radius 3 is 1.88 bits per heavy atom. The summed E-state index contributed by atoms with van der Waals surface area (Å²) in [6, 6.07) is 55.9. The van der Waals surface area contributed by atoms with E-state index in [1.165, 1.54) is 27.4 Å². The molecule has 0 spiro atoms. The molecule has 0 aliphatic carbocycles. The number of hydrogen-bond acceptors (Lipinski definition) is 2. The second-order valence-electron chi connectivity index (χ2n) is 12.5. The van der Waals surface area contributed by atoms with Gasteiger partial charge in [0, 0.05) is 27.2 Å². The summed E-state index contributed by atoms with van der Waals surface area (Å²) >= 11 is 0. The monoisotopic (exact) mass is 614 g/mol. The van der Waals surface area contributed by atoms with Crippen molar-refractivity contribution < 1.29 is 4.42 Å². The molecule has 0 fully saturated rings. The van der Waals surface area contributed by atoms with E-state index in [1.807, 2.05) is 6.07 Å². The van der Waals surface area contributed by atoms with Crippen LogP contribution >= 0.6 is 0 Å². The Balaban J connectivity index is 1.11. The lowest BCUT2D eigenvalue weighted by molar-refractivity contribution is 0.669. The molecule has 4 aromatic heterocycles. The van der Waals surface area contributed by atoms with Gasteiger partial charge in [-0.05, 0) is 96.1 Å². The third-order valence-corrected chi connectivity index (χ3v) is 9.84. The van der Waals surface area contributed by atoms with E-state index < -0.39 is 0 Å². The molecule has 0 bridgehead atoms. The summed E-state index contributed by atoms with van der Waals surface area (Å²) in [5.41, 5.74) is 13.0. The van der Waals surface area contributed by atoms with E-state index in [2.05, 4.69) is 165 Å². The molecule has 0 unspecified atom stereocenters. The molecule has 11 aromatic rings. The van der Waals surface area contributed by atoms with Crippen LogP contribution in [-0.2, 0) is 0 Å². The fraction of sp³-hybridized carbons (Fsp3) is 0. The number of rotatable bonds is 3. The molecular formula is C43H26N4O. The molecule has 0 aliphatic rings. The minimum Gasteiger partial charge on any atom is -0.456 e. The van der Waals surface area contributed by atoms with Gasteiger partial charge in [0.15, 0.2) is 0 Å². The lowest BCUT2D eigenvalue weighted by Gasteiger charge is -2.08. The summed E-state index contributed by atoms with van der Waals surface area (Å²) in [6.45, 7) is 0. The Labute approximate surface area is 274 Å². The summed E-state index contributed by atoms with van der Waals surface area (Å²) in [5.74, 6) is 0.896. The van der Waals surface area contributed by atoms with Gasteiger partial charge in [-0.3, -0.25) is 8.97 Å². The first-order valence-corrected chi connectivity index (χ1v) is 16.2. The molecule has 48 heavy (non-hydrogen) atoms. The summed E-state index contributed by atoms with van der Waals surface area (Å²) in [4.78, 5) is 5.08. The molecular weight excluding hydrogens is 589 g/mol. The third kappa shape index (κ3) is 3.47. The van der Waals surface area contributed by atoms with Gasteiger partial charge in [0.2, 0.25) is 5.78 Å². The fourth-order valence-electron chi connectivity index (χ4n) is 7.70. The minimum atomic E-state index is 0.869. The van der Waals surface area contributed by atoms with E-state index in [-0.39, 0.29) is 0 Å². The van der Waals surface area contributed by atoms with Crippen LogP contribution in [0.4, 0.5) is 0 Å². The Kier molecular flexibility index (Phi) is 5.05. The second kappa shape index (κ2) is 9.47. The number of hydrogen-bond donors (Lipinski definition) is 0. The van der Waals surface area contributed by atoms with Gasteiger partial charge < -0.3 is 8.98 Å². The van der Waals surface area contributed by atoms with Crippen molar-refractivity contribution in [2.24, 2.45) is 0 Å². The highest BCUT2D eigenvalue weighted by atomic mass is 16.3. The smallest absolute Gasteiger partial charge is 0.220 e. The maximum atomic E-state index is 6.39. The van der Waals surface area contributed by atoms with Gasteiger partial charge >= 0.3 is 0 Å². The number of aromatic nitrogens is 4. The van der Waals surface area contributed by atoms with E-state index in [0.29, 0.717) is 0 Å². The normalized spacial score (nSPS) is 12.2. The van der Waals surface area contributed by atoms with E-state index in [0.717, 1.165) is 66.7 Å². The number of fused-ring (bicyclic) bond motifs is 11. The Morgan fingerprint density at radius 1 is 0.396 bits per heavy atom. The topological polar surface area (TPSA) is 40.3 Å². The largest absolute Gasteiger partial charge is 0.456 e. The van der Waals surface area contributed by atoms with Gasteiger partial charge in [0.1, 0.15) is 11.2 Å². The van der Waals surface area contributed by atoms with Crippen LogP contribution in [0.2, 0.25) is 0 Å². The zero-order chi connectivity index (χ0) is 31.3. The summed E-state index contributed by atoms with van der Waals surface area (Å²) in [5, 5.41) is 4.66. The molecule has 0 atom stereocenters. The van der Waals surface area contributed by atoms with Gasteiger partial charge in [0.05, 0.1) is 38.8 Å². The van der Waals surface area contributed by atoms with Gasteiger partial charge in [-0.2, -0.15) is 0 Å². The summed E-state index contributed by atoms with van der Waals surface area (Å²) < 4.78 is 13.3. The van der Waals surface area contributed by atoms with Crippen molar-refractivity contribution in [2.75, 3.05) is 0 Å². The SMILES string of the molecule is c1ccc(-n2c3ccccc3c3cc(-c4ccc5oc6ccc(-n7c8ccccc8n8c9ccccc9nc78)cc6c5c4)ccc32)cc1. The van der Waals surface area contributed by atoms with Gasteiger partial charge in [-0.25, -0.2) is 4.98 Å². The molecule has 0 radical (unpaired) electrons. The first-order valence-electron chi connectivity index (χ1n) is 16.2. The molecule has 0 N–H and O–H groups in total. The highest BCUT2D eigenvalue weighted by Gasteiger charge is 2.19. The predicted molar refractivity (Wildman–Crippen MR) is 197 cm³/mol. The Morgan fingerprint density at radius 2 is 1.02 bits per heavy atom. The second-order valence-corrected chi connectivity index (χ2v) is 12.5. The lowest BCUT2D eigenvalue weighted by atomic mass is 10.0. The van der Waals surface area contributed by atoms with Gasteiger partial charge in [-0.15, -0.1) is 0 Å². The maximum Gasteiger partial charge on any atom is 0.220 e. The number of nitrogens with zero attached hydrogens (tertiary/aromatic N) is 4. The van der Waals surface area contributed by atoms with Crippen LogP contribution in [0, 0.1) is 0 Å². The van der Waals surface area contributed by atoms with Crippen LogP contribution in [0.15, 0.2) is 162 Å². The van der Waals surface area contributed by atoms with Crippen molar-refractivity contribution in [3.63, 3.8) is 0 Å². The number of imidazole rings is 2. The predicted octanol–water partition coefficient (Wildman–Crippen LogP) is 11.1. The maximum absolute atomic E-state index is 6.39. The summed E-state index contributed by atoms with van der Waals surface area (Å²) in [7, 11) is 0. The van der Waals surface area contributed by atoms with E-state index in [9.17, 15) is 0 Å². The molecule has 5 nitrogen and oxygen atoms in total. The van der Waals surface area contributed by atoms with Crippen molar-refractivity contribution in [1.29, 1.82) is 0 Å². The molecule has 4 heterocycles. The zero-order valence-electron chi connectivity index (χ0n) is 25.7. The van der Waals surface area contributed by atoms with Crippen molar-refractivity contribution in [3.05, 3.63) is 158 Å². The standard InChI is InChI=1S/C43H26N4O/c1-2-10-29(11-3-1)45-36-14-6-4-12-31(36)32-24-27(18-21-37(32)45)28-19-22-41-33(25-28)34-26-30(20-23-42(34)48-41)46-39-16-8-9-17-40(39)47-38-15-7-5-13-35(38)44-43(46)47/h1-26H. The average molecular weight is 615 g/mol. The highest BCUT2D eigenvalue weighted by Crippen LogP contribution is 2.38. The number of para-hydroxylation sites is 6. The first-order chi connectivity index (χ1) is 23.8. The van der Waals surface area contributed by atoms with Crippen LogP contribution in [0.5, 0.6) is 0 Å². The molecule has 7 aromatic carbocycles. The molecule has 11 rings (SSSR count). The van der Waals surface area contributed by atoms with Crippen molar-refractivity contribution in [2.45, 2.75) is 0 Å². The quantitative estimate of drug-likeness (QED) is 0.199. The molecule has 224 valence electrons. The zero-order valence-corrected chi connectivity index (χ0v) is 25.7. The number of benzene rings is 7. The van der Waals surface area contributed by atoms with Gasteiger partial charge in [-0.1, -0.05) is 72.8 Å². The molecule has 5 heteroatoms. The lowest BCUT2D eigenvalue weighted by Crippen LogP contribution is -1.94. The van der Waals surface area contributed by atoms with Crippen molar-refractivity contribution in [3.8, 4) is 22.5 Å². The molecule has 0 aliphatic heterocycles. The first kappa shape index (κ1) is 25.6. The third-order valence-electron chi connectivity index (χ3n) is 9.84. The highest BCUT2D eigenvalue weighted by molar-refractivity contribution is 6.11. The molecule has 0 saturated heterocycles. The minimum absolute atomic E-state index is 0.869. The average Bonchev–Trinajstić information content (AvgIpc) is 3.88. The number of furan rings is 1. The van der Waals surface area contributed by atoms with Crippen LogP contribution in [0.3, 0.4) is 0 Å². The fourth-order valence-corrected chi connectivity index (χ4v) is 7.70. The van der Waals surface area contributed by atoms with Crippen LogP contribution in [0.25, 0.3) is 94.1 Å². The van der Waals surface area contributed by atoms with Crippen molar-refractivity contribution in [1.82, 2.24) is 18.5 Å². The van der Waals surface area contributed by atoms with E-state index in [4.69, 9.17) is 9.40 Å². The van der Waals surface area contributed by atoms with Gasteiger partial charge in [0.25, 0.3) is 0 Å². The molecule has 0 saturated carbocycles. The van der Waals surface area contributed by atoms with Crippen LogP contribution in [-0.4, -0.2) is 18.5 Å². The van der Waals surface area contributed by atoms with Crippen LogP contribution < -0.4 is 0 Å². The van der Waals surface area contributed by atoms with Crippen LogP contribution in [0.1, 0.15) is 0 Å². The van der Waals surface area contributed by atoms with E-state index >= 15 is 0 Å². The Bertz CT molecular complexity index is 3060.